The van der Waals surface area contributed by atoms with Gasteiger partial charge in [-0.25, -0.2) is 4.79 Å². The molecule has 3 aromatic rings. The second-order valence-electron chi connectivity index (χ2n) is 5.68. The molecule has 5 heteroatoms. The van der Waals surface area contributed by atoms with Crippen molar-refractivity contribution in [2.45, 2.75) is 6.42 Å². The van der Waals surface area contributed by atoms with Crippen LogP contribution < -0.4 is 5.73 Å². The number of carbonyl (C=O) groups excluding carboxylic acids is 2. The third-order valence-electron chi connectivity index (χ3n) is 4.03. The lowest BCUT2D eigenvalue weighted by Gasteiger charge is -2.09. The van der Waals surface area contributed by atoms with Gasteiger partial charge >= 0.3 is 5.97 Å². The summed E-state index contributed by atoms with van der Waals surface area (Å²) in [5, 5.41) is 0. The first-order chi connectivity index (χ1) is 12.1. The van der Waals surface area contributed by atoms with Gasteiger partial charge in [-0.3, -0.25) is 4.79 Å². The molecule has 3 N–H and O–H groups in total. The van der Waals surface area contributed by atoms with Gasteiger partial charge in [-0.1, -0.05) is 36.4 Å². The largest absolute Gasteiger partial charge is 0.465 e. The molecule has 3 rings (SSSR count). The van der Waals surface area contributed by atoms with Crippen LogP contribution in [0.25, 0.3) is 0 Å². The van der Waals surface area contributed by atoms with E-state index in [1.54, 1.807) is 6.07 Å². The lowest BCUT2D eigenvalue weighted by atomic mass is 9.94. The highest BCUT2D eigenvalue weighted by atomic mass is 16.5. The fraction of sp³-hybridized carbons (Fsp3) is 0.100. The summed E-state index contributed by atoms with van der Waals surface area (Å²) in [6.07, 6.45) is 3.59. The molecule has 0 fully saturated rings. The predicted molar refractivity (Wildman–Crippen MR) is 95.7 cm³/mol. The third-order valence-corrected chi connectivity index (χ3v) is 4.03. The van der Waals surface area contributed by atoms with Crippen LogP contribution in [-0.4, -0.2) is 23.8 Å². The lowest BCUT2D eigenvalue weighted by Crippen LogP contribution is -2.11. The second kappa shape index (κ2) is 7.05. The second-order valence-corrected chi connectivity index (χ2v) is 5.68. The number of benzene rings is 2. The van der Waals surface area contributed by atoms with Gasteiger partial charge in [-0.15, -0.1) is 0 Å². The van der Waals surface area contributed by atoms with Crippen LogP contribution in [0.5, 0.6) is 0 Å². The summed E-state index contributed by atoms with van der Waals surface area (Å²) in [7, 11) is 1.29. The number of ether oxygens (including phenoxy) is 1. The number of hydrogen-bond donors (Lipinski definition) is 2. The van der Waals surface area contributed by atoms with Crippen molar-refractivity contribution in [3.8, 4) is 0 Å². The van der Waals surface area contributed by atoms with E-state index in [1.807, 2.05) is 42.5 Å². The maximum absolute atomic E-state index is 13.0. The Balaban J connectivity index is 1.95. The molecule has 0 unspecified atom stereocenters. The highest BCUT2D eigenvalue weighted by molar-refractivity contribution is 6.15. The van der Waals surface area contributed by atoms with Crippen molar-refractivity contribution in [3.63, 3.8) is 0 Å². The fourth-order valence-electron chi connectivity index (χ4n) is 2.73. The summed E-state index contributed by atoms with van der Waals surface area (Å²) in [4.78, 5) is 27.6. The summed E-state index contributed by atoms with van der Waals surface area (Å²) < 4.78 is 4.74. The number of aromatic amines is 1. The fourth-order valence-corrected chi connectivity index (χ4v) is 2.73. The Hall–Kier alpha value is -3.34. The Labute approximate surface area is 145 Å². The van der Waals surface area contributed by atoms with Gasteiger partial charge in [-0.05, 0) is 29.7 Å². The number of esters is 1. The maximum atomic E-state index is 13.0. The topological polar surface area (TPSA) is 85.2 Å². The molecular weight excluding hydrogens is 316 g/mol. The zero-order valence-corrected chi connectivity index (χ0v) is 13.8. The molecule has 25 heavy (non-hydrogen) atoms. The summed E-state index contributed by atoms with van der Waals surface area (Å²) in [6.45, 7) is 0. The monoisotopic (exact) mass is 334 g/mol. The van der Waals surface area contributed by atoms with E-state index >= 15 is 0 Å². The predicted octanol–water partition coefficient (Wildman–Crippen LogP) is 3.21. The van der Waals surface area contributed by atoms with Gasteiger partial charge in [0.05, 0.1) is 18.2 Å². The Bertz CT molecular complexity index is 911. The molecule has 5 nitrogen and oxygen atoms in total. The number of anilines is 1. The van der Waals surface area contributed by atoms with E-state index in [1.165, 1.54) is 19.5 Å². The summed E-state index contributed by atoms with van der Waals surface area (Å²) in [5.41, 5.74) is 9.45. The normalized spacial score (nSPS) is 10.4. The van der Waals surface area contributed by atoms with Crippen LogP contribution in [-0.2, 0) is 11.2 Å². The van der Waals surface area contributed by atoms with Gasteiger partial charge in [-0.2, -0.15) is 0 Å². The number of carbonyl (C=O) groups is 2. The molecule has 2 aromatic carbocycles. The average Bonchev–Trinajstić information content (AvgIpc) is 3.12. The Morgan fingerprint density at radius 2 is 1.64 bits per heavy atom. The number of nitrogens with one attached hydrogen (secondary N) is 1. The molecule has 0 aliphatic carbocycles. The van der Waals surface area contributed by atoms with E-state index in [0.717, 1.165) is 11.1 Å². The molecular formula is C20H18N2O3. The van der Waals surface area contributed by atoms with Crippen LogP contribution >= 0.6 is 0 Å². The van der Waals surface area contributed by atoms with Gasteiger partial charge in [0, 0.05) is 23.6 Å². The van der Waals surface area contributed by atoms with Crippen molar-refractivity contribution >= 4 is 17.4 Å². The van der Waals surface area contributed by atoms with Crippen molar-refractivity contribution in [2.24, 2.45) is 0 Å². The maximum Gasteiger partial charge on any atom is 0.340 e. The van der Waals surface area contributed by atoms with Crippen molar-refractivity contribution in [1.82, 2.24) is 4.98 Å². The number of hydrogen-bond acceptors (Lipinski definition) is 4. The first-order valence-electron chi connectivity index (χ1n) is 7.82. The van der Waals surface area contributed by atoms with Crippen molar-refractivity contribution in [1.29, 1.82) is 0 Å². The Kier molecular flexibility index (Phi) is 4.66. The number of aromatic nitrogens is 1. The molecule has 0 saturated carbocycles. The molecule has 1 aromatic heterocycles. The number of ketones is 1. The van der Waals surface area contributed by atoms with E-state index < -0.39 is 5.97 Å². The van der Waals surface area contributed by atoms with E-state index in [-0.39, 0.29) is 11.3 Å². The molecule has 1 heterocycles. The van der Waals surface area contributed by atoms with Crippen LogP contribution in [0.4, 0.5) is 5.69 Å². The van der Waals surface area contributed by atoms with Crippen LogP contribution in [0.15, 0.2) is 60.9 Å². The first kappa shape index (κ1) is 16.5. The van der Waals surface area contributed by atoms with E-state index in [2.05, 4.69) is 4.98 Å². The quantitative estimate of drug-likeness (QED) is 0.426. The summed E-state index contributed by atoms with van der Waals surface area (Å²) in [5.74, 6) is -0.756. The molecule has 0 saturated heterocycles. The zero-order chi connectivity index (χ0) is 17.8. The zero-order valence-electron chi connectivity index (χ0n) is 13.8. The number of rotatable bonds is 5. The smallest absolute Gasteiger partial charge is 0.340 e. The molecule has 0 bridgehead atoms. The van der Waals surface area contributed by atoms with Crippen LogP contribution in [0, 0.1) is 0 Å². The highest BCUT2D eigenvalue weighted by Crippen LogP contribution is 2.21. The molecule has 0 spiro atoms. The third kappa shape index (κ3) is 3.45. The van der Waals surface area contributed by atoms with Crippen molar-refractivity contribution < 1.29 is 14.3 Å². The molecule has 0 amide bonds. The van der Waals surface area contributed by atoms with Gasteiger partial charge in [0.1, 0.15) is 0 Å². The molecule has 0 aliphatic heterocycles. The Morgan fingerprint density at radius 3 is 2.36 bits per heavy atom. The molecule has 0 atom stereocenters. The molecule has 0 radical (unpaired) electrons. The van der Waals surface area contributed by atoms with Crippen LogP contribution in [0.2, 0.25) is 0 Å². The minimum Gasteiger partial charge on any atom is -0.465 e. The van der Waals surface area contributed by atoms with Gasteiger partial charge in [0.2, 0.25) is 0 Å². The number of H-pyrrole nitrogens is 1. The van der Waals surface area contributed by atoms with E-state index in [0.29, 0.717) is 23.2 Å². The minimum absolute atomic E-state index is 0.215. The molecule has 126 valence electrons. The summed E-state index contributed by atoms with van der Waals surface area (Å²) >= 11 is 0. The number of nitrogens with two attached hydrogens (primary N) is 1. The van der Waals surface area contributed by atoms with Crippen molar-refractivity contribution in [2.75, 3.05) is 12.8 Å². The van der Waals surface area contributed by atoms with Crippen molar-refractivity contribution in [3.05, 3.63) is 88.7 Å². The summed E-state index contributed by atoms with van der Waals surface area (Å²) in [6, 6.07) is 14.9. The minimum atomic E-state index is -0.541. The Morgan fingerprint density at radius 1 is 0.960 bits per heavy atom. The number of methoxy groups -OCH3 is 1. The first-order valence-corrected chi connectivity index (χ1v) is 7.82. The highest BCUT2D eigenvalue weighted by Gasteiger charge is 2.21. The van der Waals surface area contributed by atoms with Crippen LogP contribution in [0.1, 0.15) is 37.4 Å². The van der Waals surface area contributed by atoms with Gasteiger partial charge in [0.25, 0.3) is 0 Å². The average molecular weight is 334 g/mol. The van der Waals surface area contributed by atoms with Gasteiger partial charge in [0.15, 0.2) is 5.78 Å². The van der Waals surface area contributed by atoms with Gasteiger partial charge < -0.3 is 15.5 Å². The lowest BCUT2D eigenvalue weighted by molar-refractivity contribution is 0.0598. The molecule has 0 aliphatic rings. The van der Waals surface area contributed by atoms with Crippen LogP contribution in [0.3, 0.4) is 0 Å². The standard InChI is InChI=1S/C20H18N2O3/c1-25-20(24)18-12-22-11-17(18)19(23)16-5-3-2-4-14(16)10-13-6-8-15(21)9-7-13/h2-9,11-12,22H,10,21H2,1H3. The van der Waals surface area contributed by atoms with E-state index in [9.17, 15) is 9.59 Å². The SMILES string of the molecule is COC(=O)c1c[nH]cc1C(=O)c1ccccc1Cc1ccc(N)cc1. The number of nitrogen functional groups attached to an aromatic ring is 1. The van der Waals surface area contributed by atoms with E-state index in [4.69, 9.17) is 10.5 Å².